The van der Waals surface area contributed by atoms with Gasteiger partial charge < -0.3 is 24.6 Å². The summed E-state index contributed by atoms with van der Waals surface area (Å²) >= 11 is 0. The van der Waals surface area contributed by atoms with Crippen LogP contribution in [0.1, 0.15) is 45.2 Å². The van der Waals surface area contributed by atoms with Crippen molar-refractivity contribution in [2.24, 2.45) is 0 Å². The molecule has 2 rings (SSSR count). The van der Waals surface area contributed by atoms with Crippen LogP contribution in [0.15, 0.2) is 54.6 Å². The zero-order valence-corrected chi connectivity index (χ0v) is 19.2. The monoisotopic (exact) mass is 443 g/mol. The van der Waals surface area contributed by atoms with Crippen LogP contribution in [0.4, 0.5) is 4.79 Å². The van der Waals surface area contributed by atoms with Crippen LogP contribution in [0.3, 0.4) is 0 Å². The van der Waals surface area contributed by atoms with Gasteiger partial charge in [0.2, 0.25) is 0 Å². The predicted molar refractivity (Wildman–Crippen MR) is 121 cm³/mol. The van der Waals surface area contributed by atoms with Crippen LogP contribution in [0.2, 0.25) is 0 Å². The molecule has 174 valence electrons. The van der Waals surface area contributed by atoms with Crippen LogP contribution in [-0.4, -0.2) is 41.5 Å². The number of aliphatic hydroxyl groups is 1. The van der Waals surface area contributed by atoms with E-state index >= 15 is 0 Å². The largest absolute Gasteiger partial charge is 0.489 e. The van der Waals surface area contributed by atoms with Crippen molar-refractivity contribution in [2.75, 3.05) is 6.61 Å². The summed E-state index contributed by atoms with van der Waals surface area (Å²) in [7, 11) is 0. The smallest absolute Gasteiger partial charge is 0.407 e. The van der Waals surface area contributed by atoms with E-state index in [4.69, 9.17) is 14.2 Å². The lowest BCUT2D eigenvalue weighted by Gasteiger charge is -2.26. The van der Waals surface area contributed by atoms with Gasteiger partial charge >= 0.3 is 12.1 Å². The molecule has 0 spiro atoms. The Labute approximate surface area is 189 Å². The Hall–Kier alpha value is -3.06. The molecule has 0 radical (unpaired) electrons. The fourth-order valence-electron chi connectivity index (χ4n) is 2.99. The van der Waals surface area contributed by atoms with Crippen LogP contribution in [0.5, 0.6) is 5.75 Å². The van der Waals surface area contributed by atoms with Crippen molar-refractivity contribution in [1.82, 2.24) is 5.32 Å². The average molecular weight is 444 g/mol. The standard InChI is InChI=1S/C25H33NO6/c1-5-30-23(28)16-22(27)21(26-24(29)32-25(2,3)4)15-18-11-13-20(14-12-18)31-17-19-9-7-6-8-10-19/h6-14,21-22,27H,5,15-17H2,1-4H3,(H,26,29)/t21-,22-/m0/s1. The van der Waals surface area contributed by atoms with E-state index in [0.29, 0.717) is 18.8 Å². The van der Waals surface area contributed by atoms with Gasteiger partial charge in [0.05, 0.1) is 25.2 Å². The Balaban J connectivity index is 2.02. The molecule has 0 aliphatic rings. The van der Waals surface area contributed by atoms with Crippen molar-refractivity contribution in [3.05, 3.63) is 65.7 Å². The maximum Gasteiger partial charge on any atom is 0.407 e. The van der Waals surface area contributed by atoms with Crippen molar-refractivity contribution < 1.29 is 28.9 Å². The molecule has 0 unspecified atom stereocenters. The van der Waals surface area contributed by atoms with Gasteiger partial charge in [-0.3, -0.25) is 4.79 Å². The number of aliphatic hydroxyl groups excluding tert-OH is 1. The number of amides is 1. The van der Waals surface area contributed by atoms with Crippen LogP contribution < -0.4 is 10.1 Å². The molecule has 0 aliphatic heterocycles. The lowest BCUT2D eigenvalue weighted by Crippen LogP contribution is -2.47. The lowest BCUT2D eigenvalue weighted by atomic mass is 9.99. The van der Waals surface area contributed by atoms with Crippen LogP contribution in [0, 0.1) is 0 Å². The van der Waals surface area contributed by atoms with Crippen molar-refractivity contribution in [1.29, 1.82) is 0 Å². The second kappa shape index (κ2) is 12.1. The van der Waals surface area contributed by atoms with E-state index in [2.05, 4.69) is 5.32 Å². The molecule has 1 amide bonds. The number of ether oxygens (including phenoxy) is 3. The Kier molecular flexibility index (Phi) is 9.53. The highest BCUT2D eigenvalue weighted by Gasteiger charge is 2.27. The number of carbonyl (C=O) groups is 2. The molecule has 2 N–H and O–H groups in total. The van der Waals surface area contributed by atoms with Crippen LogP contribution in [-0.2, 0) is 27.3 Å². The topological polar surface area (TPSA) is 94.1 Å². The van der Waals surface area contributed by atoms with Crippen molar-refractivity contribution >= 4 is 12.1 Å². The molecule has 0 heterocycles. The highest BCUT2D eigenvalue weighted by Crippen LogP contribution is 2.17. The predicted octanol–water partition coefficient (Wildman–Crippen LogP) is 4.02. The normalized spacial score (nSPS) is 13.0. The first-order chi connectivity index (χ1) is 15.2. The molecule has 0 saturated heterocycles. The molecule has 0 aromatic heterocycles. The quantitative estimate of drug-likeness (QED) is 0.539. The van der Waals surface area contributed by atoms with Gasteiger partial charge in [0.1, 0.15) is 18.0 Å². The van der Waals surface area contributed by atoms with Crippen molar-refractivity contribution in [3.63, 3.8) is 0 Å². The summed E-state index contributed by atoms with van der Waals surface area (Å²) in [5.41, 5.74) is 1.25. The summed E-state index contributed by atoms with van der Waals surface area (Å²) in [5.74, 6) is 0.182. The van der Waals surface area contributed by atoms with Gasteiger partial charge in [-0.2, -0.15) is 0 Å². The summed E-state index contributed by atoms with van der Waals surface area (Å²) in [6.07, 6.45) is -1.71. The Morgan fingerprint density at radius 2 is 1.66 bits per heavy atom. The lowest BCUT2D eigenvalue weighted by molar-refractivity contribution is -0.145. The first kappa shape index (κ1) is 25.2. The second-order valence-corrected chi connectivity index (χ2v) is 8.45. The minimum Gasteiger partial charge on any atom is -0.489 e. The Morgan fingerprint density at radius 1 is 1.00 bits per heavy atom. The van der Waals surface area contributed by atoms with Crippen molar-refractivity contribution in [2.45, 2.75) is 64.9 Å². The number of carbonyl (C=O) groups excluding carboxylic acids is 2. The first-order valence-electron chi connectivity index (χ1n) is 10.7. The molecule has 2 aromatic carbocycles. The number of hydrogen-bond acceptors (Lipinski definition) is 6. The van der Waals surface area contributed by atoms with E-state index in [1.54, 1.807) is 27.7 Å². The number of esters is 1. The summed E-state index contributed by atoms with van der Waals surface area (Å²) in [6.45, 7) is 7.64. The zero-order chi connectivity index (χ0) is 23.6. The number of hydrogen-bond donors (Lipinski definition) is 2. The SMILES string of the molecule is CCOC(=O)C[C@H](O)[C@H](Cc1ccc(OCc2ccccc2)cc1)NC(=O)OC(C)(C)C. The molecule has 2 aromatic rings. The molecule has 0 aliphatic carbocycles. The van der Waals surface area contributed by atoms with E-state index < -0.39 is 29.8 Å². The molecule has 0 saturated carbocycles. The highest BCUT2D eigenvalue weighted by atomic mass is 16.6. The minimum absolute atomic E-state index is 0.222. The number of nitrogens with one attached hydrogen (secondary N) is 1. The fourth-order valence-corrected chi connectivity index (χ4v) is 2.99. The van der Waals surface area contributed by atoms with E-state index in [1.165, 1.54) is 0 Å². The van der Waals surface area contributed by atoms with Gasteiger partial charge in [0.15, 0.2) is 0 Å². The minimum atomic E-state index is -1.13. The molecular formula is C25H33NO6. The van der Waals surface area contributed by atoms with Crippen LogP contribution >= 0.6 is 0 Å². The van der Waals surface area contributed by atoms with E-state index in [0.717, 1.165) is 11.1 Å². The second-order valence-electron chi connectivity index (χ2n) is 8.45. The van der Waals surface area contributed by atoms with Gasteiger partial charge in [-0.25, -0.2) is 4.79 Å². The average Bonchev–Trinajstić information content (AvgIpc) is 2.72. The number of benzene rings is 2. The third-order valence-corrected chi connectivity index (χ3v) is 4.48. The van der Waals surface area contributed by atoms with E-state index in [1.807, 2.05) is 54.6 Å². The van der Waals surface area contributed by atoms with Gasteiger partial charge in [-0.1, -0.05) is 42.5 Å². The van der Waals surface area contributed by atoms with Gasteiger partial charge in [0, 0.05) is 0 Å². The van der Waals surface area contributed by atoms with Crippen molar-refractivity contribution in [3.8, 4) is 5.75 Å². The van der Waals surface area contributed by atoms with E-state index in [-0.39, 0.29) is 13.0 Å². The molecular weight excluding hydrogens is 410 g/mol. The summed E-state index contributed by atoms with van der Waals surface area (Å²) in [5, 5.41) is 13.3. The molecule has 0 fully saturated rings. The summed E-state index contributed by atoms with van der Waals surface area (Å²) in [4.78, 5) is 24.1. The molecule has 0 bridgehead atoms. The highest BCUT2D eigenvalue weighted by molar-refractivity contribution is 5.71. The number of alkyl carbamates (subject to hydrolysis) is 1. The van der Waals surface area contributed by atoms with Crippen LogP contribution in [0.25, 0.3) is 0 Å². The first-order valence-corrected chi connectivity index (χ1v) is 10.7. The van der Waals surface area contributed by atoms with Gasteiger partial charge in [-0.05, 0) is 57.4 Å². The molecule has 32 heavy (non-hydrogen) atoms. The van der Waals surface area contributed by atoms with Gasteiger partial charge in [0.25, 0.3) is 0 Å². The summed E-state index contributed by atoms with van der Waals surface area (Å²) < 4.78 is 16.0. The molecule has 2 atom stereocenters. The Morgan fingerprint density at radius 3 is 2.25 bits per heavy atom. The maximum absolute atomic E-state index is 12.3. The fraction of sp³-hybridized carbons (Fsp3) is 0.440. The third-order valence-electron chi connectivity index (χ3n) is 4.48. The maximum atomic E-state index is 12.3. The van der Waals surface area contributed by atoms with E-state index in [9.17, 15) is 14.7 Å². The zero-order valence-electron chi connectivity index (χ0n) is 19.2. The molecule has 7 nitrogen and oxygen atoms in total. The summed E-state index contributed by atoms with van der Waals surface area (Å²) in [6, 6.07) is 16.5. The Bertz CT molecular complexity index is 845. The van der Waals surface area contributed by atoms with Gasteiger partial charge in [-0.15, -0.1) is 0 Å². The molecule has 7 heteroatoms. The third kappa shape index (κ3) is 9.39. The number of rotatable bonds is 10.